The fourth-order valence-electron chi connectivity index (χ4n) is 2.27. The molecule has 102 valence electrons. The van der Waals surface area contributed by atoms with Gasteiger partial charge in [0.25, 0.3) is 10.0 Å². The molecule has 7 heteroatoms. The van der Waals surface area contributed by atoms with Crippen molar-refractivity contribution < 1.29 is 8.42 Å². The van der Waals surface area contributed by atoms with Crippen LogP contribution >= 0.6 is 22.9 Å². The number of rotatable bonds is 3. The number of sulfonamides is 1. The number of aromatic nitrogens is 1. The quantitative estimate of drug-likeness (QED) is 0.862. The Kier molecular flexibility index (Phi) is 4.31. The van der Waals surface area contributed by atoms with Crippen LogP contribution in [-0.4, -0.2) is 30.8 Å². The fourth-order valence-corrected chi connectivity index (χ4v) is 5.19. The van der Waals surface area contributed by atoms with Gasteiger partial charge in [0.2, 0.25) is 0 Å². The van der Waals surface area contributed by atoms with Gasteiger partial charge in [-0.2, -0.15) is 4.31 Å². The van der Waals surface area contributed by atoms with Gasteiger partial charge in [-0.3, -0.25) is 0 Å². The van der Waals surface area contributed by atoms with Crippen molar-refractivity contribution in [1.29, 1.82) is 0 Å². The van der Waals surface area contributed by atoms with Gasteiger partial charge in [0.05, 0.1) is 6.20 Å². The van der Waals surface area contributed by atoms with E-state index < -0.39 is 10.0 Å². The van der Waals surface area contributed by atoms with Crippen LogP contribution in [0.3, 0.4) is 0 Å². The molecule has 1 aliphatic heterocycles. The Morgan fingerprint density at radius 1 is 1.44 bits per heavy atom. The highest BCUT2D eigenvalue weighted by Gasteiger charge is 2.31. The monoisotopic (exact) mass is 308 g/mol. The third-order valence-corrected chi connectivity index (χ3v) is 6.94. The van der Waals surface area contributed by atoms with Crippen LogP contribution in [0.25, 0.3) is 0 Å². The number of halogens is 1. The van der Waals surface area contributed by atoms with Crippen molar-refractivity contribution in [3.63, 3.8) is 0 Å². The van der Waals surface area contributed by atoms with Gasteiger partial charge >= 0.3 is 0 Å². The molecule has 0 aliphatic carbocycles. The standard InChI is InChI=1S/C11H17ClN2O2S2/c1-8(2)9-3-5-14(6-4-9)18(15,16)10-7-13-11(12)17-10/h7-9H,3-6H2,1-2H3. The van der Waals surface area contributed by atoms with E-state index in [0.29, 0.717) is 24.9 Å². The van der Waals surface area contributed by atoms with E-state index in [4.69, 9.17) is 11.6 Å². The number of thiazole rings is 1. The first-order valence-electron chi connectivity index (χ1n) is 6.02. The molecule has 0 saturated carbocycles. The predicted octanol–water partition coefficient (Wildman–Crippen LogP) is 2.85. The Balaban J connectivity index is 2.09. The minimum absolute atomic E-state index is 0.246. The maximum atomic E-state index is 12.3. The van der Waals surface area contributed by atoms with Gasteiger partial charge < -0.3 is 0 Å². The van der Waals surface area contributed by atoms with Gasteiger partial charge in [-0.1, -0.05) is 36.8 Å². The number of nitrogens with zero attached hydrogens (tertiary/aromatic N) is 2. The van der Waals surface area contributed by atoms with Gasteiger partial charge in [-0.05, 0) is 24.7 Å². The number of piperidine rings is 1. The summed E-state index contributed by atoms with van der Waals surface area (Å²) in [5.74, 6) is 1.24. The molecule has 1 aromatic rings. The highest BCUT2D eigenvalue weighted by molar-refractivity contribution is 7.91. The summed E-state index contributed by atoms with van der Waals surface area (Å²) in [7, 11) is -3.39. The van der Waals surface area contributed by atoms with Crippen molar-refractivity contribution in [2.45, 2.75) is 30.9 Å². The van der Waals surface area contributed by atoms with Gasteiger partial charge in [0, 0.05) is 13.1 Å². The molecule has 0 N–H and O–H groups in total. The van der Waals surface area contributed by atoms with E-state index in [1.54, 1.807) is 4.31 Å². The van der Waals surface area contributed by atoms with E-state index in [1.807, 2.05) is 0 Å². The van der Waals surface area contributed by atoms with E-state index in [1.165, 1.54) is 6.20 Å². The van der Waals surface area contributed by atoms with Gasteiger partial charge in [-0.25, -0.2) is 13.4 Å². The second-order valence-electron chi connectivity index (χ2n) is 4.92. The molecule has 1 saturated heterocycles. The van der Waals surface area contributed by atoms with Crippen molar-refractivity contribution >= 4 is 33.0 Å². The smallest absolute Gasteiger partial charge is 0.232 e. The van der Waals surface area contributed by atoms with E-state index in [-0.39, 0.29) is 8.68 Å². The molecular formula is C11H17ClN2O2S2. The Bertz CT molecular complexity index is 505. The SMILES string of the molecule is CC(C)C1CCN(S(=O)(=O)c2cnc(Cl)s2)CC1. The second kappa shape index (κ2) is 5.45. The molecule has 0 spiro atoms. The van der Waals surface area contributed by atoms with Gasteiger partial charge in [-0.15, -0.1) is 0 Å². The highest BCUT2D eigenvalue weighted by Crippen LogP contribution is 2.30. The summed E-state index contributed by atoms with van der Waals surface area (Å²) in [6.45, 7) is 5.58. The first-order valence-corrected chi connectivity index (χ1v) is 8.66. The molecule has 0 atom stereocenters. The average molecular weight is 309 g/mol. The normalized spacial score (nSPS) is 19.6. The molecule has 0 unspecified atom stereocenters. The van der Waals surface area contributed by atoms with Crippen LogP contribution in [0.2, 0.25) is 4.47 Å². The summed E-state index contributed by atoms with van der Waals surface area (Å²) in [5, 5.41) is 0. The van der Waals surface area contributed by atoms with Gasteiger partial charge in [0.15, 0.2) is 8.68 Å². The zero-order valence-electron chi connectivity index (χ0n) is 10.5. The second-order valence-corrected chi connectivity index (χ2v) is 8.70. The van der Waals surface area contributed by atoms with Crippen molar-refractivity contribution in [3.8, 4) is 0 Å². The lowest BCUT2D eigenvalue weighted by molar-refractivity contribution is 0.227. The molecule has 0 bridgehead atoms. The van der Waals surface area contributed by atoms with Crippen LogP contribution < -0.4 is 0 Å². The van der Waals surface area contributed by atoms with Crippen molar-refractivity contribution in [2.75, 3.05) is 13.1 Å². The van der Waals surface area contributed by atoms with E-state index in [9.17, 15) is 8.42 Å². The maximum absolute atomic E-state index is 12.3. The Labute approximate surface area is 117 Å². The summed E-state index contributed by atoms with van der Waals surface area (Å²) in [6, 6.07) is 0. The number of hydrogen-bond acceptors (Lipinski definition) is 4. The van der Waals surface area contributed by atoms with Crippen LogP contribution in [0.5, 0.6) is 0 Å². The fraction of sp³-hybridized carbons (Fsp3) is 0.727. The van der Waals surface area contributed by atoms with Crippen molar-refractivity contribution in [2.24, 2.45) is 11.8 Å². The lowest BCUT2D eigenvalue weighted by atomic mass is 9.87. The zero-order chi connectivity index (χ0) is 13.3. The molecular weight excluding hydrogens is 292 g/mol. The van der Waals surface area contributed by atoms with Gasteiger partial charge in [0.1, 0.15) is 0 Å². The van der Waals surface area contributed by atoms with Crippen LogP contribution in [0.1, 0.15) is 26.7 Å². The van der Waals surface area contributed by atoms with Crippen molar-refractivity contribution in [1.82, 2.24) is 9.29 Å². The van der Waals surface area contributed by atoms with Crippen LogP contribution in [-0.2, 0) is 10.0 Å². The summed E-state index contributed by atoms with van der Waals surface area (Å²) in [4.78, 5) is 3.80. The van der Waals surface area contributed by atoms with Crippen LogP contribution in [0.15, 0.2) is 10.4 Å². The third-order valence-electron chi connectivity index (χ3n) is 3.49. The summed E-state index contributed by atoms with van der Waals surface area (Å²) < 4.78 is 26.7. The molecule has 4 nitrogen and oxygen atoms in total. The molecule has 2 heterocycles. The minimum Gasteiger partial charge on any atom is -0.232 e. The maximum Gasteiger partial charge on any atom is 0.254 e. The lowest BCUT2D eigenvalue weighted by Crippen LogP contribution is -2.39. The topological polar surface area (TPSA) is 50.3 Å². The average Bonchev–Trinajstić information content (AvgIpc) is 2.76. The molecule has 1 aliphatic rings. The molecule has 2 rings (SSSR count). The molecule has 1 fully saturated rings. The zero-order valence-corrected chi connectivity index (χ0v) is 12.9. The first-order chi connectivity index (χ1) is 8.41. The molecule has 0 amide bonds. The molecule has 18 heavy (non-hydrogen) atoms. The summed E-state index contributed by atoms with van der Waals surface area (Å²) in [6.07, 6.45) is 3.21. The van der Waals surface area contributed by atoms with Crippen LogP contribution in [0, 0.1) is 11.8 Å². The highest BCUT2D eigenvalue weighted by atomic mass is 35.5. The van der Waals surface area contributed by atoms with Crippen molar-refractivity contribution in [3.05, 3.63) is 10.7 Å². The Morgan fingerprint density at radius 2 is 2.06 bits per heavy atom. The van der Waals surface area contributed by atoms with E-state index >= 15 is 0 Å². The van der Waals surface area contributed by atoms with Crippen LogP contribution in [0.4, 0.5) is 0 Å². The first kappa shape index (κ1) is 14.2. The summed E-state index contributed by atoms with van der Waals surface area (Å²) >= 11 is 6.71. The predicted molar refractivity (Wildman–Crippen MR) is 73.4 cm³/mol. The molecule has 0 aromatic carbocycles. The van der Waals surface area contributed by atoms with E-state index in [2.05, 4.69) is 18.8 Å². The third kappa shape index (κ3) is 2.87. The largest absolute Gasteiger partial charge is 0.254 e. The summed E-state index contributed by atoms with van der Waals surface area (Å²) in [5.41, 5.74) is 0. The lowest BCUT2D eigenvalue weighted by Gasteiger charge is -2.32. The minimum atomic E-state index is -3.39. The molecule has 1 aromatic heterocycles. The van der Waals surface area contributed by atoms with E-state index in [0.717, 1.165) is 24.2 Å². The Hall–Kier alpha value is -0.170. The molecule has 0 radical (unpaired) electrons. The Morgan fingerprint density at radius 3 is 2.50 bits per heavy atom. The number of hydrogen-bond donors (Lipinski definition) is 0.